The third-order valence-corrected chi connectivity index (χ3v) is 3.58. The molecule has 0 unspecified atom stereocenters. The number of likely N-dealkylation sites (N-methyl/N-ethyl adjacent to an activating group) is 1. The molecule has 0 aliphatic heterocycles. The lowest BCUT2D eigenvalue weighted by molar-refractivity contribution is 0.577. The summed E-state index contributed by atoms with van der Waals surface area (Å²) in [5.41, 5.74) is 0.333. The Bertz CT molecular complexity index is 506. The van der Waals surface area contributed by atoms with Crippen molar-refractivity contribution in [1.82, 2.24) is 10.0 Å². The predicted molar refractivity (Wildman–Crippen MR) is 64.9 cm³/mol. The van der Waals surface area contributed by atoms with Crippen molar-refractivity contribution < 1.29 is 8.42 Å². The highest BCUT2D eigenvalue weighted by Crippen LogP contribution is 2.10. The maximum absolute atomic E-state index is 11.8. The minimum absolute atomic E-state index is 0.119. The first kappa shape index (κ1) is 13.6. The second-order valence-electron chi connectivity index (χ2n) is 3.39. The SMILES string of the molecule is CCNCCNS(=O)(=O)c1cccc(C#N)c1. The van der Waals surface area contributed by atoms with Crippen LogP contribution in [0.5, 0.6) is 0 Å². The minimum atomic E-state index is -3.51. The molecule has 0 aromatic heterocycles. The van der Waals surface area contributed by atoms with Crippen molar-refractivity contribution in [1.29, 1.82) is 5.26 Å². The van der Waals surface area contributed by atoms with Crippen LogP contribution in [0.15, 0.2) is 29.2 Å². The monoisotopic (exact) mass is 253 g/mol. The molecule has 5 nitrogen and oxygen atoms in total. The summed E-state index contributed by atoms with van der Waals surface area (Å²) >= 11 is 0. The first-order chi connectivity index (χ1) is 8.10. The van der Waals surface area contributed by atoms with E-state index < -0.39 is 10.0 Å². The van der Waals surface area contributed by atoms with Crippen molar-refractivity contribution in [2.75, 3.05) is 19.6 Å². The summed E-state index contributed by atoms with van der Waals surface area (Å²) in [6, 6.07) is 7.86. The van der Waals surface area contributed by atoms with Crippen LogP contribution < -0.4 is 10.0 Å². The number of nitriles is 1. The van der Waals surface area contributed by atoms with Crippen molar-refractivity contribution in [3.63, 3.8) is 0 Å². The molecule has 0 saturated carbocycles. The highest BCUT2D eigenvalue weighted by Gasteiger charge is 2.13. The Kier molecular flexibility index (Phi) is 5.10. The molecular formula is C11H15N3O2S. The third-order valence-electron chi connectivity index (χ3n) is 2.12. The summed E-state index contributed by atoms with van der Waals surface area (Å²) in [4.78, 5) is 0.119. The number of benzene rings is 1. The topological polar surface area (TPSA) is 82.0 Å². The van der Waals surface area contributed by atoms with Crippen LogP contribution in [0.25, 0.3) is 0 Å². The van der Waals surface area contributed by atoms with Crippen LogP contribution in [0.2, 0.25) is 0 Å². The van der Waals surface area contributed by atoms with Gasteiger partial charge in [0.1, 0.15) is 0 Å². The van der Waals surface area contributed by atoms with Crippen molar-refractivity contribution >= 4 is 10.0 Å². The Morgan fingerprint density at radius 1 is 1.35 bits per heavy atom. The van der Waals surface area contributed by atoms with Gasteiger partial charge < -0.3 is 5.32 Å². The van der Waals surface area contributed by atoms with Gasteiger partial charge in [-0.1, -0.05) is 13.0 Å². The van der Waals surface area contributed by atoms with Crippen LogP contribution in [-0.4, -0.2) is 28.1 Å². The van der Waals surface area contributed by atoms with Crippen LogP contribution in [0.3, 0.4) is 0 Å². The Labute approximate surface area is 102 Å². The molecule has 1 aromatic rings. The van der Waals surface area contributed by atoms with Gasteiger partial charge in [0.25, 0.3) is 0 Å². The number of hydrogen-bond donors (Lipinski definition) is 2. The first-order valence-electron chi connectivity index (χ1n) is 5.30. The lowest BCUT2D eigenvalue weighted by Crippen LogP contribution is -2.31. The van der Waals surface area contributed by atoms with Gasteiger partial charge in [0.05, 0.1) is 16.5 Å². The Hall–Kier alpha value is -1.42. The molecule has 1 rings (SSSR count). The van der Waals surface area contributed by atoms with E-state index in [0.717, 1.165) is 6.54 Å². The molecule has 1 aromatic carbocycles. The summed E-state index contributed by atoms with van der Waals surface area (Å²) in [7, 11) is -3.51. The fraction of sp³-hybridized carbons (Fsp3) is 0.364. The lowest BCUT2D eigenvalue weighted by Gasteiger charge is -2.07. The largest absolute Gasteiger partial charge is 0.316 e. The van der Waals surface area contributed by atoms with E-state index in [4.69, 9.17) is 5.26 Å². The van der Waals surface area contributed by atoms with Gasteiger partial charge in [0.15, 0.2) is 0 Å². The van der Waals surface area contributed by atoms with Gasteiger partial charge in [0, 0.05) is 13.1 Å². The van der Waals surface area contributed by atoms with Crippen molar-refractivity contribution in [3.05, 3.63) is 29.8 Å². The standard InChI is InChI=1S/C11H15N3O2S/c1-2-13-6-7-14-17(15,16)11-5-3-4-10(8-11)9-12/h3-5,8,13-14H,2,6-7H2,1H3. The van der Waals surface area contributed by atoms with Gasteiger partial charge in [0.2, 0.25) is 10.0 Å². The number of sulfonamides is 1. The van der Waals surface area contributed by atoms with Crippen LogP contribution in [0.1, 0.15) is 12.5 Å². The molecule has 17 heavy (non-hydrogen) atoms. The summed E-state index contributed by atoms with van der Waals surface area (Å²) in [6.07, 6.45) is 0. The molecule has 0 aliphatic rings. The van der Waals surface area contributed by atoms with Crippen LogP contribution >= 0.6 is 0 Å². The third kappa shape index (κ3) is 4.15. The van der Waals surface area contributed by atoms with E-state index in [1.165, 1.54) is 12.1 Å². The van der Waals surface area contributed by atoms with Gasteiger partial charge in [-0.3, -0.25) is 0 Å². The smallest absolute Gasteiger partial charge is 0.240 e. The zero-order valence-electron chi connectivity index (χ0n) is 9.60. The fourth-order valence-electron chi connectivity index (χ4n) is 1.27. The van der Waals surface area contributed by atoms with E-state index in [-0.39, 0.29) is 4.90 Å². The Morgan fingerprint density at radius 3 is 2.76 bits per heavy atom. The number of hydrogen-bond acceptors (Lipinski definition) is 4. The minimum Gasteiger partial charge on any atom is -0.316 e. The van der Waals surface area contributed by atoms with Gasteiger partial charge in [-0.2, -0.15) is 5.26 Å². The van der Waals surface area contributed by atoms with E-state index in [1.807, 2.05) is 13.0 Å². The summed E-state index contributed by atoms with van der Waals surface area (Å²) in [5, 5.41) is 11.7. The lowest BCUT2D eigenvalue weighted by atomic mass is 10.2. The zero-order valence-corrected chi connectivity index (χ0v) is 10.4. The van der Waals surface area contributed by atoms with E-state index >= 15 is 0 Å². The van der Waals surface area contributed by atoms with Crippen LogP contribution in [0, 0.1) is 11.3 Å². The zero-order chi connectivity index (χ0) is 12.7. The molecule has 0 atom stereocenters. The van der Waals surface area contributed by atoms with Gasteiger partial charge in [-0.15, -0.1) is 0 Å². The van der Waals surface area contributed by atoms with Gasteiger partial charge >= 0.3 is 0 Å². The quantitative estimate of drug-likeness (QED) is 0.721. The first-order valence-corrected chi connectivity index (χ1v) is 6.79. The highest BCUT2D eigenvalue weighted by molar-refractivity contribution is 7.89. The summed E-state index contributed by atoms with van der Waals surface area (Å²) in [6.45, 7) is 3.65. The Balaban J connectivity index is 2.73. The molecule has 0 spiro atoms. The Morgan fingerprint density at radius 2 is 2.12 bits per heavy atom. The predicted octanol–water partition coefficient (Wildman–Crippen LogP) is 0.446. The molecule has 0 saturated heterocycles. The van der Waals surface area contributed by atoms with Crippen molar-refractivity contribution in [2.24, 2.45) is 0 Å². The second kappa shape index (κ2) is 6.35. The van der Waals surface area contributed by atoms with Gasteiger partial charge in [-0.05, 0) is 24.7 Å². The number of rotatable bonds is 6. The summed E-state index contributed by atoms with van der Waals surface area (Å²) in [5.74, 6) is 0. The molecule has 0 radical (unpaired) electrons. The molecule has 92 valence electrons. The van der Waals surface area contributed by atoms with Crippen LogP contribution in [0.4, 0.5) is 0 Å². The van der Waals surface area contributed by atoms with Crippen molar-refractivity contribution in [3.8, 4) is 6.07 Å². The van der Waals surface area contributed by atoms with E-state index in [2.05, 4.69) is 10.0 Å². The fourth-order valence-corrected chi connectivity index (χ4v) is 2.34. The van der Waals surface area contributed by atoms with Gasteiger partial charge in [-0.25, -0.2) is 13.1 Å². The van der Waals surface area contributed by atoms with Crippen molar-refractivity contribution in [2.45, 2.75) is 11.8 Å². The molecule has 0 bridgehead atoms. The van der Waals surface area contributed by atoms with E-state index in [9.17, 15) is 8.42 Å². The molecular weight excluding hydrogens is 238 g/mol. The molecule has 0 heterocycles. The summed E-state index contributed by atoms with van der Waals surface area (Å²) < 4.78 is 26.1. The number of nitrogens with zero attached hydrogens (tertiary/aromatic N) is 1. The molecule has 2 N–H and O–H groups in total. The van der Waals surface area contributed by atoms with E-state index in [1.54, 1.807) is 12.1 Å². The molecule has 0 amide bonds. The average molecular weight is 253 g/mol. The maximum atomic E-state index is 11.8. The normalized spacial score (nSPS) is 11.1. The van der Waals surface area contributed by atoms with Crippen LogP contribution in [-0.2, 0) is 10.0 Å². The second-order valence-corrected chi connectivity index (χ2v) is 5.16. The average Bonchev–Trinajstić information content (AvgIpc) is 2.35. The number of nitrogens with one attached hydrogen (secondary N) is 2. The maximum Gasteiger partial charge on any atom is 0.240 e. The van der Waals surface area contributed by atoms with E-state index in [0.29, 0.717) is 18.7 Å². The molecule has 0 fully saturated rings. The highest BCUT2D eigenvalue weighted by atomic mass is 32.2. The molecule has 6 heteroatoms. The molecule has 0 aliphatic carbocycles.